The number of nitrogens with zero attached hydrogens (tertiary/aromatic N) is 2. The van der Waals surface area contributed by atoms with E-state index in [1.807, 2.05) is 20.8 Å². The van der Waals surface area contributed by atoms with Gasteiger partial charge < -0.3 is 19.8 Å². The highest BCUT2D eigenvalue weighted by Gasteiger charge is 2.59. The van der Waals surface area contributed by atoms with Gasteiger partial charge in [0.05, 0.1) is 5.60 Å². The number of likely N-dealkylation sites (tertiary alicyclic amines) is 1. The molecule has 1 spiro atoms. The molecule has 3 rings (SSSR count). The van der Waals surface area contributed by atoms with Crippen LogP contribution in [-0.2, 0) is 10.3 Å². The molecule has 1 amide bonds. The van der Waals surface area contributed by atoms with E-state index in [-0.39, 0.29) is 30.5 Å². The van der Waals surface area contributed by atoms with Gasteiger partial charge >= 0.3 is 6.09 Å². The minimum Gasteiger partial charge on any atom is -0.444 e. The molecule has 2 aliphatic rings. The summed E-state index contributed by atoms with van der Waals surface area (Å²) in [5.41, 5.74) is -1.09. The minimum absolute atomic E-state index is 0.0165. The van der Waals surface area contributed by atoms with Gasteiger partial charge in [-0.25, -0.2) is 4.79 Å². The summed E-state index contributed by atoms with van der Waals surface area (Å²) in [7, 11) is 0. The zero-order chi connectivity index (χ0) is 19.2. The van der Waals surface area contributed by atoms with Crippen molar-refractivity contribution < 1.29 is 19.7 Å². The molecule has 1 saturated heterocycles. The average molecular weight is 383 g/mol. The van der Waals surface area contributed by atoms with E-state index in [1.165, 1.54) is 0 Å². The van der Waals surface area contributed by atoms with Gasteiger partial charge in [0.2, 0.25) is 0 Å². The van der Waals surface area contributed by atoms with Crippen LogP contribution in [0.3, 0.4) is 0 Å². The molecular weight excluding hydrogens is 356 g/mol. The second-order valence-corrected chi connectivity index (χ2v) is 9.10. The molecule has 0 aromatic carbocycles. The molecule has 0 bridgehead atoms. The first kappa shape index (κ1) is 19.4. The average Bonchev–Trinajstić information content (AvgIpc) is 2.42. The number of carbonyl (C=O) groups excluding carboxylic acids is 1. The van der Waals surface area contributed by atoms with E-state index in [0.29, 0.717) is 23.7 Å². The van der Waals surface area contributed by atoms with Gasteiger partial charge in [0, 0.05) is 54.5 Å². The van der Waals surface area contributed by atoms with Crippen molar-refractivity contribution in [2.45, 2.75) is 51.2 Å². The molecule has 2 heterocycles. The molecule has 1 saturated carbocycles. The number of hydrogen-bond acceptors (Lipinski definition) is 5. The highest BCUT2D eigenvalue weighted by molar-refractivity contribution is 6.31. The van der Waals surface area contributed by atoms with Crippen LogP contribution < -0.4 is 0 Å². The second kappa shape index (κ2) is 6.66. The standard InChI is InChI=1S/C19H27ClN2O4/c1-17(2,3)26-16(24)22-11-18(12-22)8-13(9-18)19(25,5-7-23)14-10-21-6-4-15(14)20/h4,6,10,13,23,25H,5,7-9,11-12H2,1-3H3. The Bertz CT molecular complexity index is 676. The van der Waals surface area contributed by atoms with E-state index >= 15 is 0 Å². The monoisotopic (exact) mass is 382 g/mol. The number of ether oxygens (including phenoxy) is 1. The maximum Gasteiger partial charge on any atom is 0.410 e. The van der Waals surface area contributed by atoms with Gasteiger partial charge in [-0.3, -0.25) is 4.98 Å². The van der Waals surface area contributed by atoms with E-state index in [1.54, 1.807) is 23.4 Å². The lowest BCUT2D eigenvalue weighted by molar-refractivity contribution is -0.167. The molecular formula is C19H27ClN2O4. The largest absolute Gasteiger partial charge is 0.444 e. The van der Waals surface area contributed by atoms with Crippen LogP contribution in [0.2, 0.25) is 5.02 Å². The molecule has 144 valence electrons. The van der Waals surface area contributed by atoms with Crippen molar-refractivity contribution in [3.05, 3.63) is 29.0 Å². The molecule has 7 heteroatoms. The summed E-state index contributed by atoms with van der Waals surface area (Å²) in [4.78, 5) is 17.9. The Kier molecular flexibility index (Phi) is 4.97. The van der Waals surface area contributed by atoms with Gasteiger partial charge in [0.15, 0.2) is 0 Å². The summed E-state index contributed by atoms with van der Waals surface area (Å²) < 4.78 is 5.40. The van der Waals surface area contributed by atoms with Crippen LogP contribution in [-0.4, -0.2) is 51.5 Å². The molecule has 1 atom stereocenters. The van der Waals surface area contributed by atoms with Crippen molar-refractivity contribution in [3.8, 4) is 0 Å². The summed E-state index contributed by atoms with van der Waals surface area (Å²) in [5.74, 6) is -0.0165. The Labute approximate surface area is 159 Å². The van der Waals surface area contributed by atoms with E-state index in [4.69, 9.17) is 16.3 Å². The van der Waals surface area contributed by atoms with Gasteiger partial charge in [0.1, 0.15) is 5.60 Å². The van der Waals surface area contributed by atoms with Crippen LogP contribution in [0.15, 0.2) is 18.5 Å². The van der Waals surface area contributed by atoms with Crippen LogP contribution in [0.1, 0.15) is 45.6 Å². The van der Waals surface area contributed by atoms with Crippen molar-refractivity contribution in [3.63, 3.8) is 0 Å². The molecule has 1 aromatic heterocycles. The molecule has 1 aliphatic carbocycles. The number of pyridine rings is 1. The fourth-order valence-electron chi connectivity index (χ4n) is 4.23. The van der Waals surface area contributed by atoms with Crippen molar-refractivity contribution in [1.82, 2.24) is 9.88 Å². The molecule has 2 fully saturated rings. The lowest BCUT2D eigenvalue weighted by atomic mass is 9.52. The van der Waals surface area contributed by atoms with Gasteiger partial charge in [-0.15, -0.1) is 0 Å². The third kappa shape index (κ3) is 3.55. The zero-order valence-electron chi connectivity index (χ0n) is 15.5. The highest BCUT2D eigenvalue weighted by Crippen LogP contribution is 2.58. The van der Waals surface area contributed by atoms with Gasteiger partial charge in [-0.2, -0.15) is 0 Å². The fourth-order valence-corrected chi connectivity index (χ4v) is 4.49. The summed E-state index contributed by atoms with van der Waals surface area (Å²) in [6.07, 6.45) is 4.67. The summed E-state index contributed by atoms with van der Waals surface area (Å²) in [6.45, 7) is 6.73. The third-order valence-corrected chi connectivity index (χ3v) is 5.80. The number of aliphatic hydroxyl groups excluding tert-OH is 1. The maximum absolute atomic E-state index is 12.1. The van der Waals surface area contributed by atoms with Gasteiger partial charge in [-0.05, 0) is 45.6 Å². The third-order valence-electron chi connectivity index (χ3n) is 5.47. The van der Waals surface area contributed by atoms with Crippen LogP contribution in [0.25, 0.3) is 0 Å². The second-order valence-electron chi connectivity index (χ2n) is 8.69. The number of aliphatic hydroxyl groups is 2. The Balaban J connectivity index is 1.63. The summed E-state index contributed by atoms with van der Waals surface area (Å²) in [5, 5.41) is 21.2. The van der Waals surface area contributed by atoms with Crippen molar-refractivity contribution >= 4 is 17.7 Å². The van der Waals surface area contributed by atoms with Gasteiger partial charge in [-0.1, -0.05) is 11.6 Å². The van der Waals surface area contributed by atoms with E-state index in [2.05, 4.69) is 4.98 Å². The normalized spacial score (nSPS) is 21.7. The Morgan fingerprint density at radius 3 is 2.62 bits per heavy atom. The zero-order valence-corrected chi connectivity index (χ0v) is 16.3. The predicted molar refractivity (Wildman–Crippen MR) is 97.8 cm³/mol. The topological polar surface area (TPSA) is 82.9 Å². The predicted octanol–water partition coefficient (Wildman–Crippen LogP) is 2.95. The molecule has 1 aromatic rings. The van der Waals surface area contributed by atoms with Crippen molar-refractivity contribution in [2.24, 2.45) is 11.3 Å². The molecule has 26 heavy (non-hydrogen) atoms. The quantitative estimate of drug-likeness (QED) is 0.836. The van der Waals surface area contributed by atoms with E-state index in [9.17, 15) is 15.0 Å². The number of halogens is 1. The SMILES string of the molecule is CC(C)(C)OC(=O)N1CC2(CC(C(O)(CCO)c3cnccc3Cl)C2)C1. The van der Waals surface area contributed by atoms with Crippen molar-refractivity contribution in [1.29, 1.82) is 0 Å². The molecule has 0 radical (unpaired) electrons. The van der Waals surface area contributed by atoms with Crippen LogP contribution in [0, 0.1) is 11.3 Å². The Morgan fingerprint density at radius 2 is 2.08 bits per heavy atom. The first-order chi connectivity index (χ1) is 12.1. The number of aromatic nitrogens is 1. The first-order valence-electron chi connectivity index (χ1n) is 9.00. The Hall–Kier alpha value is -1.37. The smallest absolute Gasteiger partial charge is 0.410 e. The summed E-state index contributed by atoms with van der Waals surface area (Å²) >= 11 is 6.26. The lowest BCUT2D eigenvalue weighted by Crippen LogP contribution is -2.66. The Morgan fingerprint density at radius 1 is 1.42 bits per heavy atom. The first-order valence-corrected chi connectivity index (χ1v) is 9.38. The van der Waals surface area contributed by atoms with Gasteiger partial charge in [0.25, 0.3) is 0 Å². The van der Waals surface area contributed by atoms with Crippen LogP contribution in [0.4, 0.5) is 4.79 Å². The molecule has 1 aliphatic heterocycles. The highest BCUT2D eigenvalue weighted by atomic mass is 35.5. The van der Waals surface area contributed by atoms with Crippen LogP contribution >= 0.6 is 11.6 Å². The van der Waals surface area contributed by atoms with E-state index < -0.39 is 11.2 Å². The number of amides is 1. The lowest BCUT2D eigenvalue weighted by Gasteiger charge is -2.61. The maximum atomic E-state index is 12.1. The fraction of sp³-hybridized carbons (Fsp3) is 0.684. The van der Waals surface area contributed by atoms with E-state index in [0.717, 1.165) is 12.8 Å². The number of carbonyl (C=O) groups is 1. The molecule has 2 N–H and O–H groups in total. The number of hydrogen-bond donors (Lipinski definition) is 2. The summed E-state index contributed by atoms with van der Waals surface area (Å²) in [6, 6.07) is 1.65. The molecule has 1 unspecified atom stereocenters. The molecule has 6 nitrogen and oxygen atoms in total. The minimum atomic E-state index is -1.20. The van der Waals surface area contributed by atoms with Crippen molar-refractivity contribution in [2.75, 3.05) is 19.7 Å². The number of rotatable bonds is 4. The van der Waals surface area contributed by atoms with Crippen LogP contribution in [0.5, 0.6) is 0 Å².